The van der Waals surface area contributed by atoms with Crippen LogP contribution in [0, 0.1) is 11.8 Å². The maximum Gasteiger partial charge on any atom is 0.472 e. The van der Waals surface area contributed by atoms with Crippen molar-refractivity contribution in [3.8, 4) is 0 Å². The molecule has 0 spiro atoms. The molecule has 0 heterocycles. The van der Waals surface area contributed by atoms with Gasteiger partial charge in [0.1, 0.15) is 19.3 Å². The molecule has 19 heteroatoms. The molecule has 17 nitrogen and oxygen atoms in total. The largest absolute Gasteiger partial charge is 0.472 e. The lowest BCUT2D eigenvalue weighted by atomic mass is 10.0. The summed E-state index contributed by atoms with van der Waals surface area (Å²) in [4.78, 5) is 72.8. The third-order valence-electron chi connectivity index (χ3n) is 17.7. The van der Waals surface area contributed by atoms with Gasteiger partial charge in [-0.1, -0.05) is 343 Å². The summed E-state index contributed by atoms with van der Waals surface area (Å²) >= 11 is 0. The summed E-state index contributed by atoms with van der Waals surface area (Å²) in [5, 5.41) is 10.6. The topological polar surface area (TPSA) is 237 Å². The first kappa shape index (κ1) is 93.1. The van der Waals surface area contributed by atoms with E-state index in [0.717, 1.165) is 102 Å². The fourth-order valence-corrected chi connectivity index (χ4v) is 13.2. The van der Waals surface area contributed by atoms with Crippen molar-refractivity contribution in [2.75, 3.05) is 39.6 Å². The van der Waals surface area contributed by atoms with Gasteiger partial charge in [0.25, 0.3) is 0 Å². The average molecular weight is 1400 g/mol. The Morgan fingerprint density at radius 2 is 0.484 bits per heavy atom. The summed E-state index contributed by atoms with van der Waals surface area (Å²) in [6.45, 7) is 9.52. The van der Waals surface area contributed by atoms with E-state index in [-0.39, 0.29) is 25.7 Å². The Labute approximate surface area is 581 Å². The molecule has 0 aliphatic carbocycles. The molecule has 0 aromatic heterocycles. The van der Waals surface area contributed by atoms with E-state index in [1.54, 1.807) is 0 Å². The van der Waals surface area contributed by atoms with Crippen molar-refractivity contribution in [2.24, 2.45) is 11.8 Å². The van der Waals surface area contributed by atoms with Crippen LogP contribution in [0.2, 0.25) is 0 Å². The highest BCUT2D eigenvalue weighted by Crippen LogP contribution is 2.45. The van der Waals surface area contributed by atoms with E-state index in [4.69, 9.17) is 37.0 Å². The van der Waals surface area contributed by atoms with E-state index >= 15 is 0 Å². The molecule has 2 unspecified atom stereocenters. The van der Waals surface area contributed by atoms with Crippen molar-refractivity contribution in [3.05, 3.63) is 0 Å². The Kier molecular flexibility index (Phi) is 66.5. The van der Waals surface area contributed by atoms with Gasteiger partial charge in [0.05, 0.1) is 26.4 Å². The zero-order chi connectivity index (χ0) is 70.0. The molecule has 0 fully saturated rings. The predicted molar refractivity (Wildman–Crippen MR) is 386 cm³/mol. The van der Waals surface area contributed by atoms with E-state index in [2.05, 4.69) is 41.5 Å². The quantitative estimate of drug-likeness (QED) is 0.0222. The van der Waals surface area contributed by atoms with Crippen LogP contribution in [-0.2, 0) is 65.4 Å². The fraction of sp³-hybridized carbons (Fsp3) is 0.947. The molecule has 0 rings (SSSR count). The van der Waals surface area contributed by atoms with E-state index in [1.807, 2.05) is 0 Å². The summed E-state index contributed by atoms with van der Waals surface area (Å²) in [6, 6.07) is 0. The number of ether oxygens (including phenoxy) is 4. The molecule has 0 bridgehead atoms. The summed E-state index contributed by atoms with van der Waals surface area (Å²) in [6.07, 6.45) is 55.6. The Bertz CT molecular complexity index is 1840. The van der Waals surface area contributed by atoms with Gasteiger partial charge in [-0.2, -0.15) is 0 Å². The van der Waals surface area contributed by atoms with Crippen LogP contribution in [0.5, 0.6) is 0 Å². The van der Waals surface area contributed by atoms with Crippen molar-refractivity contribution >= 4 is 39.5 Å². The smallest absolute Gasteiger partial charge is 0.462 e. The zero-order valence-corrected chi connectivity index (χ0v) is 63.8. The number of phosphoric ester groups is 2. The lowest BCUT2D eigenvalue weighted by Crippen LogP contribution is -2.30. The standard InChI is InChI=1S/C76H148O17P2/c1-7-9-11-13-15-17-19-21-23-24-25-27-29-31-33-42-48-54-60-75(80)92-71(64-86-73(78)58-52-46-40-32-30-28-26-22-20-18-16-14-12-10-8-2)66-90-94(82,83)88-62-70(77)63-89-95(84,85)91-67-72(93-76(81)61-55-49-43-37-35-39-45-51-57-69(5)6)65-87-74(79)59-53-47-41-36-34-38-44-50-56-68(3)4/h68-72,77H,7-67H2,1-6H3,(H,82,83)(H,84,85)/t70-,71-,72-/m1/s1. The highest BCUT2D eigenvalue weighted by Gasteiger charge is 2.30. The first-order chi connectivity index (χ1) is 45.9. The second-order valence-electron chi connectivity index (χ2n) is 28.3. The molecule has 0 amide bonds. The van der Waals surface area contributed by atoms with Gasteiger partial charge in [-0.05, 0) is 37.5 Å². The number of esters is 4. The summed E-state index contributed by atoms with van der Waals surface area (Å²) in [7, 11) is -9.91. The van der Waals surface area contributed by atoms with E-state index in [0.29, 0.717) is 25.7 Å². The van der Waals surface area contributed by atoms with Gasteiger partial charge in [-0.3, -0.25) is 37.3 Å². The van der Waals surface area contributed by atoms with Gasteiger partial charge in [0, 0.05) is 25.7 Å². The summed E-state index contributed by atoms with van der Waals surface area (Å²) < 4.78 is 68.5. The number of carbonyl (C=O) groups is 4. The minimum Gasteiger partial charge on any atom is -0.462 e. The number of carbonyl (C=O) groups excluding carboxylic acids is 4. The van der Waals surface area contributed by atoms with Crippen LogP contribution in [0.4, 0.5) is 0 Å². The monoisotopic (exact) mass is 1400 g/mol. The van der Waals surface area contributed by atoms with Crippen molar-refractivity contribution < 1.29 is 80.2 Å². The van der Waals surface area contributed by atoms with E-state index in [9.17, 15) is 43.2 Å². The van der Waals surface area contributed by atoms with Crippen LogP contribution < -0.4 is 0 Å². The van der Waals surface area contributed by atoms with Crippen LogP contribution in [0.1, 0.15) is 395 Å². The van der Waals surface area contributed by atoms with Gasteiger partial charge in [-0.15, -0.1) is 0 Å². The van der Waals surface area contributed by atoms with E-state index in [1.165, 1.54) is 212 Å². The van der Waals surface area contributed by atoms with Crippen LogP contribution in [0.3, 0.4) is 0 Å². The number of phosphoric acid groups is 2. The molecule has 95 heavy (non-hydrogen) atoms. The van der Waals surface area contributed by atoms with Crippen LogP contribution in [0.25, 0.3) is 0 Å². The number of unbranched alkanes of at least 4 members (excludes halogenated alkanes) is 45. The van der Waals surface area contributed by atoms with E-state index < -0.39 is 97.5 Å². The second kappa shape index (κ2) is 67.9. The SMILES string of the molecule is CCCCCCCCCCCCCCCCCCCCC(=O)O[C@H](COC(=O)CCCCCCCCCCCCCCCCC)COP(=O)(O)OC[C@@H](O)COP(=O)(O)OC[C@@H](COC(=O)CCCCCCCCCCC(C)C)OC(=O)CCCCCCCCCCC(C)C. The number of hydrogen-bond donors (Lipinski definition) is 3. The van der Waals surface area contributed by atoms with Crippen LogP contribution in [0.15, 0.2) is 0 Å². The van der Waals surface area contributed by atoms with Crippen molar-refractivity contribution in [1.29, 1.82) is 0 Å². The first-order valence-electron chi connectivity index (χ1n) is 39.5. The Morgan fingerprint density at radius 1 is 0.284 bits per heavy atom. The Balaban J connectivity index is 5.24. The molecule has 0 saturated heterocycles. The third-order valence-corrected chi connectivity index (χ3v) is 19.6. The maximum absolute atomic E-state index is 13.1. The summed E-state index contributed by atoms with van der Waals surface area (Å²) in [5.74, 6) is -0.672. The number of aliphatic hydroxyl groups excluding tert-OH is 1. The van der Waals surface area contributed by atoms with Gasteiger partial charge >= 0.3 is 39.5 Å². The molecule has 0 saturated carbocycles. The molecule has 564 valence electrons. The minimum atomic E-state index is -4.96. The highest BCUT2D eigenvalue weighted by molar-refractivity contribution is 7.47. The minimum absolute atomic E-state index is 0.104. The normalized spacial score (nSPS) is 14.0. The van der Waals surface area contributed by atoms with Gasteiger partial charge in [0.15, 0.2) is 12.2 Å². The molecule has 3 N–H and O–H groups in total. The number of rotatable bonds is 75. The Hall–Kier alpha value is -1.94. The molecule has 0 aromatic carbocycles. The third kappa shape index (κ3) is 70.3. The lowest BCUT2D eigenvalue weighted by Gasteiger charge is -2.21. The molecule has 0 aliphatic heterocycles. The fourth-order valence-electron chi connectivity index (χ4n) is 11.7. The molecule has 5 atom stereocenters. The predicted octanol–water partition coefficient (Wildman–Crippen LogP) is 22.3. The van der Waals surface area contributed by atoms with Gasteiger partial charge in [-0.25, -0.2) is 9.13 Å². The van der Waals surface area contributed by atoms with Crippen molar-refractivity contribution in [2.45, 2.75) is 413 Å². The number of aliphatic hydroxyl groups is 1. The average Bonchev–Trinajstić information content (AvgIpc) is 1.71. The Morgan fingerprint density at radius 3 is 0.716 bits per heavy atom. The molecular weight excluding hydrogens is 1250 g/mol. The maximum atomic E-state index is 13.1. The highest BCUT2D eigenvalue weighted by atomic mass is 31.2. The second-order valence-corrected chi connectivity index (χ2v) is 31.3. The van der Waals surface area contributed by atoms with Crippen LogP contribution in [-0.4, -0.2) is 96.7 Å². The molecule has 0 aliphatic rings. The van der Waals surface area contributed by atoms with Gasteiger partial charge < -0.3 is 33.8 Å². The zero-order valence-electron chi connectivity index (χ0n) is 62.0. The first-order valence-corrected chi connectivity index (χ1v) is 42.5. The summed E-state index contributed by atoms with van der Waals surface area (Å²) in [5.41, 5.74) is 0. The van der Waals surface area contributed by atoms with Crippen molar-refractivity contribution in [1.82, 2.24) is 0 Å². The van der Waals surface area contributed by atoms with Gasteiger partial charge in [0.2, 0.25) is 0 Å². The van der Waals surface area contributed by atoms with Crippen molar-refractivity contribution in [3.63, 3.8) is 0 Å². The van der Waals surface area contributed by atoms with Crippen LogP contribution >= 0.6 is 15.6 Å². The molecular formula is C76H148O17P2. The number of hydrogen-bond acceptors (Lipinski definition) is 15. The molecule has 0 radical (unpaired) electrons. The molecule has 0 aromatic rings. The lowest BCUT2D eigenvalue weighted by molar-refractivity contribution is -0.161.